The maximum absolute atomic E-state index is 13.8. The number of hydrogen-bond acceptors (Lipinski definition) is 1. The quantitative estimate of drug-likeness (QED) is 0.882. The summed E-state index contributed by atoms with van der Waals surface area (Å²) in [5.74, 6) is -0.356. The summed E-state index contributed by atoms with van der Waals surface area (Å²) < 4.78 is 13.8. The zero-order chi connectivity index (χ0) is 13.3. The van der Waals surface area contributed by atoms with Gasteiger partial charge >= 0.3 is 0 Å². The van der Waals surface area contributed by atoms with Crippen LogP contribution in [0.25, 0.3) is 10.9 Å². The lowest BCUT2D eigenvalue weighted by Crippen LogP contribution is -2.13. The van der Waals surface area contributed by atoms with Gasteiger partial charge in [-0.15, -0.1) is 0 Å². The molecule has 0 unspecified atom stereocenters. The number of halogens is 1. The maximum atomic E-state index is 13.8. The number of fused-ring (bicyclic) bond motifs is 1. The standard InChI is InChI=1S/C15H18FNO/c1-4-5-6-11-7-8-12(16)14-13(11)9(2)10(3)15(18)17-14/h7-8H,4-6H2,1-3H3,(H,17,18). The first kappa shape index (κ1) is 12.8. The molecule has 0 aliphatic carbocycles. The van der Waals surface area contributed by atoms with E-state index in [2.05, 4.69) is 11.9 Å². The highest BCUT2D eigenvalue weighted by atomic mass is 19.1. The number of rotatable bonds is 3. The van der Waals surface area contributed by atoms with Crippen LogP contribution in [-0.2, 0) is 6.42 Å². The first-order chi connectivity index (χ1) is 8.56. The number of aromatic nitrogens is 1. The number of benzene rings is 1. The number of aryl methyl sites for hydroxylation is 2. The lowest BCUT2D eigenvalue weighted by Gasteiger charge is -2.11. The molecule has 96 valence electrons. The van der Waals surface area contributed by atoms with E-state index in [0.29, 0.717) is 11.1 Å². The summed E-state index contributed by atoms with van der Waals surface area (Å²) in [5, 5.41) is 0.876. The molecule has 0 amide bonds. The Morgan fingerprint density at radius 3 is 2.61 bits per heavy atom. The Morgan fingerprint density at radius 1 is 1.22 bits per heavy atom. The van der Waals surface area contributed by atoms with Crippen molar-refractivity contribution in [3.8, 4) is 0 Å². The van der Waals surface area contributed by atoms with Crippen molar-refractivity contribution in [2.24, 2.45) is 0 Å². The van der Waals surface area contributed by atoms with Crippen molar-refractivity contribution in [1.82, 2.24) is 4.98 Å². The molecule has 2 nitrogen and oxygen atoms in total. The number of H-pyrrole nitrogens is 1. The van der Waals surface area contributed by atoms with Gasteiger partial charge in [-0.25, -0.2) is 4.39 Å². The molecular weight excluding hydrogens is 229 g/mol. The molecule has 0 radical (unpaired) electrons. The van der Waals surface area contributed by atoms with Crippen LogP contribution in [0.3, 0.4) is 0 Å². The van der Waals surface area contributed by atoms with Gasteiger partial charge in [0, 0.05) is 10.9 Å². The summed E-state index contributed by atoms with van der Waals surface area (Å²) >= 11 is 0. The summed E-state index contributed by atoms with van der Waals surface area (Å²) in [4.78, 5) is 14.4. The van der Waals surface area contributed by atoms with Gasteiger partial charge < -0.3 is 4.98 Å². The van der Waals surface area contributed by atoms with Gasteiger partial charge in [0.25, 0.3) is 5.56 Å². The van der Waals surface area contributed by atoms with Crippen LogP contribution in [0.5, 0.6) is 0 Å². The molecule has 0 fully saturated rings. The Bertz CT molecular complexity index is 643. The second-order valence-corrected chi connectivity index (χ2v) is 4.76. The molecule has 18 heavy (non-hydrogen) atoms. The van der Waals surface area contributed by atoms with Crippen LogP contribution in [-0.4, -0.2) is 4.98 Å². The first-order valence-electron chi connectivity index (χ1n) is 6.36. The fraction of sp³-hybridized carbons (Fsp3) is 0.400. The molecule has 0 aliphatic rings. The van der Waals surface area contributed by atoms with E-state index in [1.165, 1.54) is 6.07 Å². The number of unbranched alkanes of at least 4 members (excludes halogenated alkanes) is 1. The molecule has 0 aliphatic heterocycles. The zero-order valence-corrected chi connectivity index (χ0v) is 11.1. The molecule has 2 rings (SSSR count). The van der Waals surface area contributed by atoms with Crippen LogP contribution in [0, 0.1) is 19.7 Å². The zero-order valence-electron chi connectivity index (χ0n) is 11.1. The SMILES string of the molecule is CCCCc1ccc(F)c2[nH]c(=O)c(C)c(C)c12. The Morgan fingerprint density at radius 2 is 1.94 bits per heavy atom. The van der Waals surface area contributed by atoms with E-state index in [-0.39, 0.29) is 11.4 Å². The predicted octanol–water partition coefficient (Wildman–Crippen LogP) is 3.63. The second-order valence-electron chi connectivity index (χ2n) is 4.76. The average Bonchev–Trinajstić information content (AvgIpc) is 2.36. The fourth-order valence-corrected chi connectivity index (χ4v) is 2.31. The van der Waals surface area contributed by atoms with Crippen molar-refractivity contribution in [3.63, 3.8) is 0 Å². The number of nitrogens with one attached hydrogen (secondary N) is 1. The third-order valence-corrected chi connectivity index (χ3v) is 3.56. The molecule has 2 aromatic rings. The van der Waals surface area contributed by atoms with E-state index >= 15 is 0 Å². The highest BCUT2D eigenvalue weighted by Crippen LogP contribution is 2.25. The smallest absolute Gasteiger partial charge is 0.251 e. The highest BCUT2D eigenvalue weighted by Gasteiger charge is 2.12. The molecule has 0 bridgehead atoms. The molecular formula is C15H18FNO. The van der Waals surface area contributed by atoms with E-state index in [1.807, 2.05) is 13.0 Å². The maximum Gasteiger partial charge on any atom is 0.251 e. The van der Waals surface area contributed by atoms with Crippen LogP contribution < -0.4 is 5.56 Å². The summed E-state index contributed by atoms with van der Waals surface area (Å²) in [6.07, 6.45) is 3.08. The molecule has 0 saturated carbocycles. The molecule has 3 heteroatoms. The van der Waals surface area contributed by atoms with E-state index < -0.39 is 0 Å². The summed E-state index contributed by atoms with van der Waals surface area (Å²) in [6.45, 7) is 5.80. The van der Waals surface area contributed by atoms with Gasteiger partial charge in [0.15, 0.2) is 0 Å². The van der Waals surface area contributed by atoms with Gasteiger partial charge in [-0.2, -0.15) is 0 Å². The van der Waals surface area contributed by atoms with Crippen LogP contribution >= 0.6 is 0 Å². The molecule has 0 saturated heterocycles. The summed E-state index contributed by atoms with van der Waals surface area (Å²) in [7, 11) is 0. The van der Waals surface area contributed by atoms with E-state index in [0.717, 1.165) is 35.8 Å². The van der Waals surface area contributed by atoms with Crippen molar-refractivity contribution < 1.29 is 4.39 Å². The summed E-state index contributed by atoms with van der Waals surface area (Å²) in [5.41, 5.74) is 2.82. The van der Waals surface area contributed by atoms with Crippen LogP contribution in [0.4, 0.5) is 4.39 Å². The molecule has 1 aromatic carbocycles. The topological polar surface area (TPSA) is 32.9 Å². The fourth-order valence-electron chi connectivity index (χ4n) is 2.31. The lowest BCUT2D eigenvalue weighted by atomic mass is 9.97. The molecule has 1 aromatic heterocycles. The minimum Gasteiger partial charge on any atom is -0.319 e. The van der Waals surface area contributed by atoms with Crippen molar-refractivity contribution in [2.45, 2.75) is 40.0 Å². The first-order valence-corrected chi connectivity index (χ1v) is 6.36. The summed E-state index contributed by atoms with van der Waals surface area (Å²) in [6, 6.07) is 3.27. The third-order valence-electron chi connectivity index (χ3n) is 3.56. The molecule has 1 N–H and O–H groups in total. The molecule has 0 atom stereocenters. The lowest BCUT2D eigenvalue weighted by molar-refractivity contribution is 0.635. The molecule has 1 heterocycles. The third kappa shape index (κ3) is 2.05. The minimum absolute atomic E-state index is 0.202. The van der Waals surface area contributed by atoms with Crippen molar-refractivity contribution >= 4 is 10.9 Å². The van der Waals surface area contributed by atoms with Crippen LogP contribution in [0.15, 0.2) is 16.9 Å². The normalized spacial score (nSPS) is 11.1. The van der Waals surface area contributed by atoms with Crippen LogP contribution in [0.2, 0.25) is 0 Å². The van der Waals surface area contributed by atoms with E-state index in [4.69, 9.17) is 0 Å². The second kappa shape index (κ2) is 4.92. The van der Waals surface area contributed by atoms with Gasteiger partial charge in [0.2, 0.25) is 0 Å². The van der Waals surface area contributed by atoms with Gasteiger partial charge in [-0.05, 0) is 43.9 Å². The Balaban J connectivity index is 2.78. The predicted molar refractivity (Wildman–Crippen MR) is 72.6 cm³/mol. The number of hydrogen-bond donors (Lipinski definition) is 1. The average molecular weight is 247 g/mol. The van der Waals surface area contributed by atoms with Crippen molar-refractivity contribution in [1.29, 1.82) is 0 Å². The Labute approximate surface area is 106 Å². The van der Waals surface area contributed by atoms with Crippen molar-refractivity contribution in [2.75, 3.05) is 0 Å². The van der Waals surface area contributed by atoms with Crippen LogP contribution in [0.1, 0.15) is 36.5 Å². The van der Waals surface area contributed by atoms with E-state index in [9.17, 15) is 9.18 Å². The number of pyridine rings is 1. The van der Waals surface area contributed by atoms with Gasteiger partial charge in [-0.1, -0.05) is 19.4 Å². The monoisotopic (exact) mass is 247 g/mol. The van der Waals surface area contributed by atoms with Crippen molar-refractivity contribution in [3.05, 3.63) is 45.0 Å². The largest absolute Gasteiger partial charge is 0.319 e. The number of aromatic amines is 1. The van der Waals surface area contributed by atoms with Gasteiger partial charge in [0.05, 0.1) is 5.52 Å². The van der Waals surface area contributed by atoms with Gasteiger partial charge in [0.1, 0.15) is 5.82 Å². The Hall–Kier alpha value is -1.64. The molecule has 0 spiro atoms. The van der Waals surface area contributed by atoms with Gasteiger partial charge in [-0.3, -0.25) is 4.79 Å². The minimum atomic E-state index is -0.356. The van der Waals surface area contributed by atoms with E-state index in [1.54, 1.807) is 6.92 Å². The highest BCUT2D eigenvalue weighted by molar-refractivity contribution is 5.86. The Kier molecular flexibility index (Phi) is 3.50.